The minimum Gasteiger partial charge on any atom is -0.382 e. The third-order valence-corrected chi connectivity index (χ3v) is 3.60. The molecule has 1 rings (SSSR count). The van der Waals surface area contributed by atoms with Crippen LogP contribution >= 0.6 is 27.5 Å². The van der Waals surface area contributed by atoms with Crippen molar-refractivity contribution in [2.24, 2.45) is 5.84 Å². The molecule has 0 fully saturated rings. The second-order valence-electron chi connectivity index (χ2n) is 4.20. The van der Waals surface area contributed by atoms with Gasteiger partial charge in [0.2, 0.25) is 0 Å². The van der Waals surface area contributed by atoms with Gasteiger partial charge in [0.05, 0.1) is 13.2 Å². The summed E-state index contributed by atoms with van der Waals surface area (Å²) >= 11 is 9.58. The van der Waals surface area contributed by atoms with Gasteiger partial charge in [-0.1, -0.05) is 33.6 Å². The predicted octanol–water partition coefficient (Wildman–Crippen LogP) is 2.53. The molecule has 0 spiro atoms. The Bertz CT molecular complexity index is 380. The molecule has 0 saturated carbocycles. The van der Waals surface area contributed by atoms with Gasteiger partial charge in [-0.2, -0.15) is 0 Å². The Hall–Kier alpha value is -0.170. The van der Waals surface area contributed by atoms with Crippen LogP contribution in [0.3, 0.4) is 0 Å². The van der Waals surface area contributed by atoms with Crippen LogP contribution in [-0.2, 0) is 15.9 Å². The van der Waals surface area contributed by atoms with Gasteiger partial charge in [-0.15, -0.1) is 0 Å². The van der Waals surface area contributed by atoms with Crippen LogP contribution in [0, 0.1) is 0 Å². The van der Waals surface area contributed by atoms with Gasteiger partial charge >= 0.3 is 0 Å². The molecule has 0 aliphatic rings. The zero-order chi connectivity index (χ0) is 14.1. The first-order valence-corrected chi connectivity index (χ1v) is 7.31. The number of nitrogens with one attached hydrogen (secondary N) is 1. The van der Waals surface area contributed by atoms with Crippen molar-refractivity contribution >= 4 is 27.5 Å². The van der Waals surface area contributed by atoms with Crippen LogP contribution in [-0.4, -0.2) is 33.0 Å². The van der Waals surface area contributed by atoms with E-state index in [1.165, 1.54) is 0 Å². The molecule has 1 aromatic rings. The van der Waals surface area contributed by atoms with Gasteiger partial charge in [0.1, 0.15) is 0 Å². The maximum Gasteiger partial charge on any atom is 0.0700 e. The van der Waals surface area contributed by atoms with Crippen molar-refractivity contribution in [1.29, 1.82) is 0 Å². The smallest absolute Gasteiger partial charge is 0.0700 e. The highest BCUT2D eigenvalue weighted by Gasteiger charge is 2.10. The van der Waals surface area contributed by atoms with Gasteiger partial charge in [-0.25, -0.2) is 0 Å². The summed E-state index contributed by atoms with van der Waals surface area (Å²) in [6, 6.07) is 6.01. The van der Waals surface area contributed by atoms with E-state index in [1.807, 2.05) is 18.2 Å². The van der Waals surface area contributed by atoms with E-state index in [2.05, 4.69) is 21.4 Å². The second-order valence-corrected chi connectivity index (χ2v) is 5.52. The summed E-state index contributed by atoms with van der Waals surface area (Å²) < 4.78 is 11.3. The molecule has 6 heteroatoms. The molecule has 19 heavy (non-hydrogen) atoms. The van der Waals surface area contributed by atoms with Gasteiger partial charge in [-0.05, 0) is 30.5 Å². The maximum absolute atomic E-state index is 6.19. The molecule has 3 N–H and O–H groups in total. The van der Waals surface area contributed by atoms with Crippen molar-refractivity contribution in [3.8, 4) is 0 Å². The molecule has 1 atom stereocenters. The minimum atomic E-state index is 0.140. The summed E-state index contributed by atoms with van der Waals surface area (Å²) in [5.41, 5.74) is 3.88. The normalized spacial score (nSPS) is 12.6. The number of hydrogen-bond donors (Lipinski definition) is 2. The molecule has 0 bridgehead atoms. The Morgan fingerprint density at radius 2 is 2.16 bits per heavy atom. The summed E-state index contributed by atoms with van der Waals surface area (Å²) in [4.78, 5) is 0. The molecule has 4 nitrogen and oxygen atoms in total. The summed E-state index contributed by atoms with van der Waals surface area (Å²) in [5.74, 6) is 5.56. The molecule has 0 heterocycles. The number of hydrogen-bond acceptors (Lipinski definition) is 4. The SMILES string of the molecule is COCCOCCC(Cc1ccc(Br)cc1Cl)NN. The van der Waals surface area contributed by atoms with Crippen LogP contribution in [0.15, 0.2) is 22.7 Å². The first-order chi connectivity index (χ1) is 9.17. The minimum absolute atomic E-state index is 0.140. The van der Waals surface area contributed by atoms with Crippen LogP contribution < -0.4 is 11.3 Å². The molecular formula is C13H20BrClN2O2. The molecule has 0 radical (unpaired) electrons. The summed E-state index contributed by atoms with van der Waals surface area (Å²) in [5, 5.41) is 0.745. The van der Waals surface area contributed by atoms with Crippen LogP contribution in [0.2, 0.25) is 5.02 Å². The number of ether oxygens (including phenoxy) is 2. The zero-order valence-corrected chi connectivity index (χ0v) is 13.3. The molecule has 1 unspecified atom stereocenters. The van der Waals surface area contributed by atoms with Gasteiger partial charge in [0, 0.05) is 29.3 Å². The maximum atomic E-state index is 6.19. The van der Waals surface area contributed by atoms with E-state index in [-0.39, 0.29) is 6.04 Å². The van der Waals surface area contributed by atoms with E-state index in [1.54, 1.807) is 7.11 Å². The highest BCUT2D eigenvalue weighted by atomic mass is 79.9. The average molecular weight is 352 g/mol. The van der Waals surface area contributed by atoms with E-state index >= 15 is 0 Å². The Morgan fingerprint density at radius 3 is 2.79 bits per heavy atom. The molecule has 0 aliphatic carbocycles. The number of nitrogens with two attached hydrogens (primary N) is 1. The Labute approximate surface area is 127 Å². The van der Waals surface area contributed by atoms with E-state index in [0.717, 1.165) is 27.9 Å². The van der Waals surface area contributed by atoms with E-state index in [4.69, 9.17) is 26.9 Å². The van der Waals surface area contributed by atoms with Crippen LogP contribution in [0.4, 0.5) is 0 Å². The quantitative estimate of drug-likeness (QED) is 0.408. The lowest BCUT2D eigenvalue weighted by Crippen LogP contribution is -2.37. The lowest BCUT2D eigenvalue weighted by molar-refractivity contribution is 0.0658. The predicted molar refractivity (Wildman–Crippen MR) is 81.3 cm³/mol. The molecule has 108 valence electrons. The summed E-state index contributed by atoms with van der Waals surface area (Å²) in [6.07, 6.45) is 1.60. The molecular weight excluding hydrogens is 332 g/mol. The largest absolute Gasteiger partial charge is 0.382 e. The van der Waals surface area contributed by atoms with E-state index in [9.17, 15) is 0 Å². The van der Waals surface area contributed by atoms with Gasteiger partial charge in [-0.3, -0.25) is 11.3 Å². The lowest BCUT2D eigenvalue weighted by atomic mass is 10.0. The molecule has 0 aromatic heterocycles. The molecule has 0 amide bonds. The third-order valence-electron chi connectivity index (χ3n) is 2.76. The number of benzene rings is 1. The van der Waals surface area contributed by atoms with Crippen LogP contribution in [0.1, 0.15) is 12.0 Å². The van der Waals surface area contributed by atoms with E-state index in [0.29, 0.717) is 19.8 Å². The highest BCUT2D eigenvalue weighted by Crippen LogP contribution is 2.22. The zero-order valence-electron chi connectivity index (χ0n) is 11.0. The van der Waals surface area contributed by atoms with Gasteiger partial charge < -0.3 is 9.47 Å². The van der Waals surface area contributed by atoms with Crippen molar-refractivity contribution in [3.05, 3.63) is 33.3 Å². The fourth-order valence-electron chi connectivity index (χ4n) is 1.67. The first-order valence-electron chi connectivity index (χ1n) is 6.14. The van der Waals surface area contributed by atoms with Crippen molar-refractivity contribution in [2.75, 3.05) is 26.9 Å². The van der Waals surface area contributed by atoms with Crippen molar-refractivity contribution < 1.29 is 9.47 Å². The average Bonchev–Trinajstić information content (AvgIpc) is 2.39. The standard InChI is InChI=1S/C13H20BrClN2O2/c1-18-6-7-19-5-4-12(17-16)8-10-2-3-11(14)9-13(10)15/h2-3,9,12,17H,4-8,16H2,1H3. The lowest BCUT2D eigenvalue weighted by Gasteiger charge is -2.17. The summed E-state index contributed by atoms with van der Waals surface area (Å²) in [6.45, 7) is 1.86. The highest BCUT2D eigenvalue weighted by molar-refractivity contribution is 9.10. The van der Waals surface area contributed by atoms with Gasteiger partial charge in [0.15, 0.2) is 0 Å². The number of methoxy groups -OCH3 is 1. The second kappa shape index (κ2) is 9.69. The van der Waals surface area contributed by atoms with Crippen molar-refractivity contribution in [2.45, 2.75) is 18.9 Å². The fraction of sp³-hybridized carbons (Fsp3) is 0.538. The summed E-state index contributed by atoms with van der Waals surface area (Å²) in [7, 11) is 1.66. The number of hydrazine groups is 1. The Morgan fingerprint density at radius 1 is 1.37 bits per heavy atom. The fourth-order valence-corrected chi connectivity index (χ4v) is 2.42. The van der Waals surface area contributed by atoms with Gasteiger partial charge in [0.25, 0.3) is 0 Å². The Balaban J connectivity index is 2.39. The van der Waals surface area contributed by atoms with Crippen LogP contribution in [0.5, 0.6) is 0 Å². The Kier molecular flexibility index (Phi) is 8.61. The molecule has 0 aliphatic heterocycles. The number of rotatable bonds is 9. The van der Waals surface area contributed by atoms with Crippen molar-refractivity contribution in [3.63, 3.8) is 0 Å². The monoisotopic (exact) mass is 350 g/mol. The van der Waals surface area contributed by atoms with Crippen molar-refractivity contribution in [1.82, 2.24) is 5.43 Å². The first kappa shape index (κ1) is 16.9. The third kappa shape index (κ3) is 6.70. The number of halogens is 2. The van der Waals surface area contributed by atoms with Crippen LogP contribution in [0.25, 0.3) is 0 Å². The molecule has 1 aromatic carbocycles. The molecule has 0 saturated heterocycles. The van der Waals surface area contributed by atoms with E-state index < -0.39 is 0 Å². The topological polar surface area (TPSA) is 56.5 Å².